The van der Waals surface area contributed by atoms with Crippen molar-refractivity contribution in [1.82, 2.24) is 10.3 Å². The van der Waals surface area contributed by atoms with Gasteiger partial charge in [-0.3, -0.25) is 5.32 Å². The van der Waals surface area contributed by atoms with E-state index in [4.69, 9.17) is 5.11 Å². The molecule has 0 aromatic carbocycles. The SMILES string of the molecule is CC(C)[C@@H](NC(=O)Nc1ncc(Br)s1)C(=O)O. The zero-order chi connectivity index (χ0) is 13.0. The van der Waals surface area contributed by atoms with Crippen LogP contribution in [0.1, 0.15) is 13.8 Å². The fourth-order valence-electron chi connectivity index (χ4n) is 1.10. The monoisotopic (exact) mass is 321 g/mol. The number of carbonyl (C=O) groups is 2. The van der Waals surface area contributed by atoms with Crippen LogP contribution in [0.2, 0.25) is 0 Å². The summed E-state index contributed by atoms with van der Waals surface area (Å²) >= 11 is 4.46. The Labute approximate surface area is 111 Å². The Morgan fingerprint density at radius 1 is 1.53 bits per heavy atom. The Hall–Kier alpha value is -1.15. The average molecular weight is 322 g/mol. The van der Waals surface area contributed by atoms with Crippen LogP contribution in [-0.2, 0) is 4.79 Å². The third-order valence-electron chi connectivity index (χ3n) is 1.92. The molecule has 0 aliphatic rings. The minimum Gasteiger partial charge on any atom is -0.480 e. The van der Waals surface area contributed by atoms with Gasteiger partial charge in [-0.1, -0.05) is 25.2 Å². The Kier molecular flexibility index (Phi) is 4.88. The van der Waals surface area contributed by atoms with Crippen molar-refractivity contribution in [2.75, 3.05) is 5.32 Å². The zero-order valence-electron chi connectivity index (χ0n) is 9.23. The van der Waals surface area contributed by atoms with Crippen molar-refractivity contribution in [3.05, 3.63) is 9.98 Å². The third kappa shape index (κ3) is 4.31. The molecule has 0 bridgehead atoms. The smallest absolute Gasteiger partial charge is 0.326 e. The van der Waals surface area contributed by atoms with E-state index in [0.29, 0.717) is 5.13 Å². The number of anilines is 1. The molecular formula is C9H12BrN3O3S. The number of nitrogens with one attached hydrogen (secondary N) is 2. The van der Waals surface area contributed by atoms with Crippen molar-refractivity contribution in [1.29, 1.82) is 0 Å². The van der Waals surface area contributed by atoms with E-state index in [9.17, 15) is 9.59 Å². The van der Waals surface area contributed by atoms with Crippen LogP contribution in [0.25, 0.3) is 0 Å². The molecule has 0 radical (unpaired) electrons. The zero-order valence-corrected chi connectivity index (χ0v) is 11.6. The van der Waals surface area contributed by atoms with Gasteiger partial charge in [0.15, 0.2) is 5.13 Å². The summed E-state index contributed by atoms with van der Waals surface area (Å²) in [7, 11) is 0. The van der Waals surface area contributed by atoms with Gasteiger partial charge in [-0.25, -0.2) is 14.6 Å². The first-order valence-corrected chi connectivity index (χ1v) is 6.42. The quantitative estimate of drug-likeness (QED) is 0.792. The summed E-state index contributed by atoms with van der Waals surface area (Å²) in [4.78, 5) is 26.3. The van der Waals surface area contributed by atoms with Crippen LogP contribution in [0, 0.1) is 5.92 Å². The Morgan fingerprint density at radius 2 is 2.18 bits per heavy atom. The molecule has 0 saturated carbocycles. The maximum Gasteiger partial charge on any atom is 0.326 e. The van der Waals surface area contributed by atoms with Gasteiger partial charge in [0.25, 0.3) is 0 Å². The van der Waals surface area contributed by atoms with E-state index in [-0.39, 0.29) is 5.92 Å². The van der Waals surface area contributed by atoms with Gasteiger partial charge >= 0.3 is 12.0 Å². The maximum atomic E-state index is 11.5. The second-order valence-electron chi connectivity index (χ2n) is 3.63. The molecule has 0 spiro atoms. The lowest BCUT2D eigenvalue weighted by molar-refractivity contribution is -0.140. The number of amides is 2. The first kappa shape index (κ1) is 13.9. The van der Waals surface area contributed by atoms with Crippen LogP contribution in [0.4, 0.5) is 9.93 Å². The molecule has 0 aliphatic carbocycles. The van der Waals surface area contributed by atoms with E-state index in [2.05, 4.69) is 31.5 Å². The minimum absolute atomic E-state index is 0.193. The van der Waals surface area contributed by atoms with Gasteiger partial charge in [-0.15, -0.1) is 0 Å². The molecule has 1 heterocycles. The number of halogens is 1. The van der Waals surface area contributed by atoms with E-state index in [1.54, 1.807) is 20.0 Å². The molecule has 94 valence electrons. The van der Waals surface area contributed by atoms with Gasteiger partial charge in [0.05, 0.1) is 9.98 Å². The van der Waals surface area contributed by atoms with E-state index in [0.717, 1.165) is 3.79 Å². The van der Waals surface area contributed by atoms with Crippen molar-refractivity contribution in [2.24, 2.45) is 5.92 Å². The first-order valence-electron chi connectivity index (χ1n) is 4.81. The van der Waals surface area contributed by atoms with Crippen molar-refractivity contribution < 1.29 is 14.7 Å². The number of carbonyl (C=O) groups excluding carboxylic acids is 1. The van der Waals surface area contributed by atoms with Crippen LogP contribution >= 0.6 is 27.3 Å². The molecule has 0 unspecified atom stereocenters. The molecule has 1 atom stereocenters. The second-order valence-corrected chi connectivity index (χ2v) is 6.04. The summed E-state index contributed by atoms with van der Waals surface area (Å²) < 4.78 is 0.784. The Balaban J connectivity index is 2.56. The summed E-state index contributed by atoms with van der Waals surface area (Å²) in [5, 5.41) is 14.1. The van der Waals surface area contributed by atoms with Crippen LogP contribution in [-0.4, -0.2) is 28.1 Å². The topological polar surface area (TPSA) is 91.3 Å². The predicted octanol–water partition coefficient (Wildman–Crippen LogP) is 2.14. The van der Waals surface area contributed by atoms with E-state index < -0.39 is 18.0 Å². The molecule has 17 heavy (non-hydrogen) atoms. The number of thiazole rings is 1. The van der Waals surface area contributed by atoms with E-state index in [1.807, 2.05) is 0 Å². The summed E-state index contributed by atoms with van der Waals surface area (Å²) in [6, 6.07) is -1.49. The molecule has 0 aliphatic heterocycles. The van der Waals surface area contributed by atoms with Crippen LogP contribution < -0.4 is 10.6 Å². The lowest BCUT2D eigenvalue weighted by atomic mass is 10.1. The number of carboxylic acid groups (broad SMARTS) is 1. The maximum absolute atomic E-state index is 11.5. The van der Waals surface area contributed by atoms with Crippen LogP contribution in [0.5, 0.6) is 0 Å². The highest BCUT2D eigenvalue weighted by molar-refractivity contribution is 9.11. The van der Waals surface area contributed by atoms with Crippen LogP contribution in [0.3, 0.4) is 0 Å². The number of carboxylic acids is 1. The molecule has 1 rings (SSSR count). The molecule has 0 saturated heterocycles. The fraction of sp³-hybridized carbons (Fsp3) is 0.444. The molecular weight excluding hydrogens is 310 g/mol. The number of hydrogen-bond acceptors (Lipinski definition) is 4. The molecule has 2 amide bonds. The van der Waals surface area contributed by atoms with Gasteiger partial charge in [0.2, 0.25) is 0 Å². The van der Waals surface area contributed by atoms with Gasteiger partial charge in [-0.05, 0) is 21.8 Å². The number of rotatable bonds is 4. The first-order chi connectivity index (χ1) is 7.90. The molecule has 8 heteroatoms. The normalized spacial score (nSPS) is 12.2. The number of aliphatic carboxylic acids is 1. The van der Waals surface area contributed by atoms with Gasteiger partial charge < -0.3 is 10.4 Å². The standard InChI is InChI=1S/C9H12BrN3O3S/c1-4(2)6(7(14)15)12-8(16)13-9-11-3-5(10)17-9/h3-4,6H,1-2H3,(H,14,15)(H2,11,12,13,16)/t6-/m1/s1. The summed E-state index contributed by atoms with van der Waals surface area (Å²) in [6.07, 6.45) is 1.55. The molecule has 0 fully saturated rings. The lowest BCUT2D eigenvalue weighted by Gasteiger charge is -2.17. The van der Waals surface area contributed by atoms with Crippen molar-refractivity contribution in [2.45, 2.75) is 19.9 Å². The summed E-state index contributed by atoms with van der Waals surface area (Å²) in [6.45, 7) is 3.44. The largest absolute Gasteiger partial charge is 0.480 e. The molecule has 6 nitrogen and oxygen atoms in total. The number of nitrogens with zero attached hydrogens (tertiary/aromatic N) is 1. The highest BCUT2D eigenvalue weighted by Crippen LogP contribution is 2.22. The molecule has 3 N–H and O–H groups in total. The molecule has 1 aromatic rings. The summed E-state index contributed by atoms with van der Waals surface area (Å²) in [5.41, 5.74) is 0. The average Bonchev–Trinajstić information content (AvgIpc) is 2.59. The number of urea groups is 1. The lowest BCUT2D eigenvalue weighted by Crippen LogP contribution is -2.46. The van der Waals surface area contributed by atoms with E-state index >= 15 is 0 Å². The van der Waals surface area contributed by atoms with Gasteiger partial charge in [-0.2, -0.15) is 0 Å². The van der Waals surface area contributed by atoms with Gasteiger partial charge in [0.1, 0.15) is 6.04 Å². The number of aromatic nitrogens is 1. The van der Waals surface area contributed by atoms with Crippen molar-refractivity contribution in [3.63, 3.8) is 0 Å². The summed E-state index contributed by atoms with van der Waals surface area (Å²) in [5.74, 6) is -1.25. The van der Waals surface area contributed by atoms with Crippen molar-refractivity contribution >= 4 is 44.4 Å². The Morgan fingerprint density at radius 3 is 2.59 bits per heavy atom. The predicted molar refractivity (Wildman–Crippen MR) is 68.2 cm³/mol. The highest BCUT2D eigenvalue weighted by atomic mass is 79.9. The second kappa shape index (κ2) is 5.97. The Bertz CT molecular complexity index is 421. The molecule has 1 aromatic heterocycles. The van der Waals surface area contributed by atoms with Crippen molar-refractivity contribution in [3.8, 4) is 0 Å². The number of hydrogen-bond donors (Lipinski definition) is 3. The third-order valence-corrected chi connectivity index (χ3v) is 3.31. The minimum atomic E-state index is -1.06. The van der Waals surface area contributed by atoms with E-state index in [1.165, 1.54) is 11.3 Å². The van der Waals surface area contributed by atoms with Gasteiger partial charge in [0, 0.05) is 0 Å². The highest BCUT2D eigenvalue weighted by Gasteiger charge is 2.23. The van der Waals surface area contributed by atoms with Crippen LogP contribution in [0.15, 0.2) is 9.98 Å². The fourth-order valence-corrected chi connectivity index (χ4v) is 2.20.